The molecule has 2 N–H and O–H groups in total. The second-order valence-electron chi connectivity index (χ2n) is 6.04. The van der Waals surface area contributed by atoms with Crippen molar-refractivity contribution in [1.82, 2.24) is 10.3 Å². The van der Waals surface area contributed by atoms with Crippen LogP contribution in [0, 0.1) is 11.6 Å². The zero-order valence-corrected chi connectivity index (χ0v) is 15.4. The second-order valence-corrected chi connectivity index (χ2v) is 6.04. The summed E-state index contributed by atoms with van der Waals surface area (Å²) in [5.74, 6) is -2.42. The second kappa shape index (κ2) is 8.92. The van der Waals surface area contributed by atoms with Crippen LogP contribution in [0.1, 0.15) is 26.4 Å². The summed E-state index contributed by atoms with van der Waals surface area (Å²) in [6, 6.07) is 13.0. The molecule has 6 nitrogen and oxygen atoms in total. The quantitative estimate of drug-likeness (QED) is 0.667. The Kier molecular flexibility index (Phi) is 6.13. The summed E-state index contributed by atoms with van der Waals surface area (Å²) in [6.45, 7) is 0.293. The molecule has 0 fully saturated rings. The van der Waals surface area contributed by atoms with E-state index in [4.69, 9.17) is 4.74 Å². The van der Waals surface area contributed by atoms with Crippen molar-refractivity contribution in [2.45, 2.75) is 6.54 Å². The van der Waals surface area contributed by atoms with Crippen molar-refractivity contribution >= 4 is 17.5 Å². The van der Waals surface area contributed by atoms with Crippen molar-refractivity contribution in [3.63, 3.8) is 0 Å². The highest BCUT2D eigenvalue weighted by atomic mass is 19.2. The van der Waals surface area contributed by atoms with E-state index in [9.17, 15) is 18.4 Å². The van der Waals surface area contributed by atoms with Gasteiger partial charge in [0.25, 0.3) is 11.8 Å². The van der Waals surface area contributed by atoms with E-state index in [0.29, 0.717) is 12.3 Å². The fourth-order valence-corrected chi connectivity index (χ4v) is 2.49. The fraction of sp³-hybridized carbons (Fsp3) is 0.0952. The van der Waals surface area contributed by atoms with E-state index >= 15 is 0 Å². The average molecular weight is 397 g/mol. The Balaban J connectivity index is 1.64. The molecule has 0 atom stereocenters. The van der Waals surface area contributed by atoms with E-state index in [1.807, 2.05) is 12.1 Å². The molecule has 0 saturated heterocycles. The van der Waals surface area contributed by atoms with Crippen LogP contribution in [0.3, 0.4) is 0 Å². The van der Waals surface area contributed by atoms with Gasteiger partial charge < -0.3 is 15.4 Å². The third kappa shape index (κ3) is 5.13. The highest BCUT2D eigenvalue weighted by Crippen LogP contribution is 2.15. The fourth-order valence-electron chi connectivity index (χ4n) is 2.49. The maximum Gasteiger partial charge on any atom is 0.274 e. The number of amides is 2. The molecule has 0 bridgehead atoms. The summed E-state index contributed by atoms with van der Waals surface area (Å²) < 4.78 is 31.3. The van der Waals surface area contributed by atoms with Gasteiger partial charge in [-0.3, -0.25) is 14.6 Å². The predicted molar refractivity (Wildman–Crippen MR) is 103 cm³/mol. The number of halogens is 2. The number of methoxy groups -OCH3 is 1. The number of carbonyl (C=O) groups excluding carboxylic acids is 2. The molecule has 8 heteroatoms. The normalized spacial score (nSPS) is 10.3. The number of hydrogen-bond donors (Lipinski definition) is 2. The summed E-state index contributed by atoms with van der Waals surface area (Å²) in [7, 11) is 1.57. The molecule has 29 heavy (non-hydrogen) atoms. The van der Waals surface area contributed by atoms with E-state index in [1.54, 1.807) is 19.2 Å². The highest BCUT2D eigenvalue weighted by Gasteiger charge is 2.13. The molecule has 2 aromatic carbocycles. The zero-order valence-electron chi connectivity index (χ0n) is 15.4. The molecule has 0 radical (unpaired) electrons. The van der Waals surface area contributed by atoms with Crippen molar-refractivity contribution < 1.29 is 23.1 Å². The first-order valence-electron chi connectivity index (χ1n) is 8.60. The Hall–Kier alpha value is -3.81. The number of aromatic nitrogens is 1. The highest BCUT2D eigenvalue weighted by molar-refractivity contribution is 6.04. The smallest absolute Gasteiger partial charge is 0.274 e. The summed E-state index contributed by atoms with van der Waals surface area (Å²) in [4.78, 5) is 28.6. The summed E-state index contributed by atoms with van der Waals surface area (Å²) in [5.41, 5.74) is 1.16. The number of anilines is 1. The molecule has 1 heterocycles. The van der Waals surface area contributed by atoms with Gasteiger partial charge in [0.2, 0.25) is 0 Å². The van der Waals surface area contributed by atoms with E-state index in [2.05, 4.69) is 15.6 Å². The third-order valence-electron chi connectivity index (χ3n) is 4.04. The zero-order chi connectivity index (χ0) is 20.8. The van der Waals surface area contributed by atoms with Crippen molar-refractivity contribution in [1.29, 1.82) is 0 Å². The number of carbonyl (C=O) groups is 2. The van der Waals surface area contributed by atoms with Crippen molar-refractivity contribution in [3.05, 3.63) is 89.2 Å². The first-order valence-corrected chi connectivity index (χ1v) is 8.60. The molecule has 0 aliphatic carbocycles. The number of ether oxygens (including phenoxy) is 1. The Morgan fingerprint density at radius 1 is 0.966 bits per heavy atom. The molecular formula is C21H17F2N3O3. The topological polar surface area (TPSA) is 80.3 Å². The van der Waals surface area contributed by atoms with Crippen LogP contribution in [0.2, 0.25) is 0 Å². The van der Waals surface area contributed by atoms with Gasteiger partial charge in [0.15, 0.2) is 11.6 Å². The van der Waals surface area contributed by atoms with Crippen molar-refractivity contribution in [2.75, 3.05) is 12.4 Å². The lowest BCUT2D eigenvalue weighted by atomic mass is 10.2. The van der Waals surface area contributed by atoms with E-state index in [-0.39, 0.29) is 22.9 Å². The van der Waals surface area contributed by atoms with Crippen LogP contribution in [-0.4, -0.2) is 23.9 Å². The molecule has 0 spiro atoms. The number of nitrogens with one attached hydrogen (secondary N) is 2. The van der Waals surface area contributed by atoms with Crippen LogP contribution in [0.4, 0.5) is 14.5 Å². The minimum Gasteiger partial charge on any atom is -0.497 e. The van der Waals surface area contributed by atoms with E-state index < -0.39 is 17.5 Å². The lowest BCUT2D eigenvalue weighted by molar-refractivity contribution is 0.0950. The molecule has 0 unspecified atom stereocenters. The van der Waals surface area contributed by atoms with Crippen LogP contribution in [-0.2, 0) is 6.54 Å². The monoisotopic (exact) mass is 397 g/mol. The lowest BCUT2D eigenvalue weighted by Crippen LogP contribution is -2.23. The van der Waals surface area contributed by atoms with Gasteiger partial charge in [-0.2, -0.15) is 0 Å². The molecule has 3 rings (SSSR count). The van der Waals surface area contributed by atoms with Crippen LogP contribution in [0.5, 0.6) is 5.75 Å². The number of benzene rings is 2. The van der Waals surface area contributed by atoms with Gasteiger partial charge in [0.1, 0.15) is 11.4 Å². The first-order chi connectivity index (χ1) is 14.0. The van der Waals surface area contributed by atoms with E-state index in [1.165, 1.54) is 24.4 Å². The summed E-state index contributed by atoms with van der Waals surface area (Å²) in [6.07, 6.45) is 1.32. The Morgan fingerprint density at radius 3 is 2.41 bits per heavy atom. The molecule has 148 valence electrons. The molecular weight excluding hydrogens is 380 g/mol. The summed E-state index contributed by atoms with van der Waals surface area (Å²) >= 11 is 0. The van der Waals surface area contributed by atoms with Crippen molar-refractivity contribution in [2.24, 2.45) is 0 Å². The number of rotatable bonds is 6. The van der Waals surface area contributed by atoms with Crippen LogP contribution in [0.25, 0.3) is 0 Å². The molecule has 2 amide bonds. The minimum absolute atomic E-state index is 0.0353. The summed E-state index contributed by atoms with van der Waals surface area (Å²) in [5, 5.41) is 5.16. The SMILES string of the molecule is COc1ccc(CNC(=O)c2ccnc(C(=O)Nc3ccc(F)c(F)c3)c2)cc1. The Bertz CT molecular complexity index is 1040. The third-order valence-corrected chi connectivity index (χ3v) is 4.04. The Morgan fingerprint density at radius 2 is 1.72 bits per heavy atom. The maximum absolute atomic E-state index is 13.3. The van der Waals surface area contributed by atoms with Gasteiger partial charge in [0, 0.05) is 30.1 Å². The number of pyridine rings is 1. The van der Waals surface area contributed by atoms with Gasteiger partial charge in [-0.15, -0.1) is 0 Å². The van der Waals surface area contributed by atoms with Crippen LogP contribution >= 0.6 is 0 Å². The largest absolute Gasteiger partial charge is 0.497 e. The first kappa shape index (κ1) is 19.9. The molecule has 0 aliphatic rings. The van der Waals surface area contributed by atoms with E-state index in [0.717, 1.165) is 17.7 Å². The lowest BCUT2D eigenvalue weighted by Gasteiger charge is -2.08. The van der Waals surface area contributed by atoms with Crippen LogP contribution in [0.15, 0.2) is 60.8 Å². The number of nitrogens with zero attached hydrogens (tertiary/aromatic N) is 1. The molecule has 0 aliphatic heterocycles. The van der Waals surface area contributed by atoms with Crippen molar-refractivity contribution in [3.8, 4) is 5.75 Å². The number of hydrogen-bond acceptors (Lipinski definition) is 4. The Labute approximate surface area is 165 Å². The van der Waals surface area contributed by atoms with Gasteiger partial charge in [-0.25, -0.2) is 8.78 Å². The molecule has 3 aromatic rings. The van der Waals surface area contributed by atoms with Gasteiger partial charge in [-0.1, -0.05) is 12.1 Å². The molecule has 0 saturated carbocycles. The molecule has 1 aromatic heterocycles. The van der Waals surface area contributed by atoms with Gasteiger partial charge in [-0.05, 0) is 42.0 Å². The predicted octanol–water partition coefficient (Wildman–Crippen LogP) is 3.55. The van der Waals surface area contributed by atoms with Crippen LogP contribution < -0.4 is 15.4 Å². The average Bonchev–Trinajstić information content (AvgIpc) is 2.75. The minimum atomic E-state index is -1.08. The van der Waals surface area contributed by atoms with Gasteiger partial charge in [0.05, 0.1) is 7.11 Å². The van der Waals surface area contributed by atoms with Gasteiger partial charge >= 0.3 is 0 Å². The maximum atomic E-state index is 13.3. The standard InChI is InChI=1S/C21H17F2N3O3/c1-29-16-5-2-13(3-6-16)12-25-20(27)14-8-9-24-19(10-14)21(28)26-15-4-7-17(22)18(23)11-15/h2-11H,12H2,1H3,(H,25,27)(H,26,28).